The molecular weight excluding hydrogens is 310 g/mol. The van der Waals surface area contributed by atoms with Crippen molar-refractivity contribution in [2.45, 2.75) is 20.3 Å². The number of hydrogen-bond acceptors (Lipinski definition) is 3. The van der Waals surface area contributed by atoms with E-state index in [1.165, 1.54) is 5.57 Å². The van der Waals surface area contributed by atoms with Gasteiger partial charge in [0.05, 0.1) is 17.0 Å². The number of ether oxygens (including phenoxy) is 1. The summed E-state index contributed by atoms with van der Waals surface area (Å²) in [5.74, 6) is 0.695. The lowest BCUT2D eigenvalue weighted by Gasteiger charge is -2.09. The summed E-state index contributed by atoms with van der Waals surface area (Å²) in [7, 11) is 0. The fourth-order valence-electron chi connectivity index (χ4n) is 2.35. The molecule has 1 aromatic carbocycles. The lowest BCUT2D eigenvalue weighted by Crippen LogP contribution is -1.97. The smallest absolute Gasteiger partial charge is 0.138 e. The van der Waals surface area contributed by atoms with Crippen LogP contribution in [0, 0.1) is 0 Å². The fraction of sp³-hybridized carbons (Fsp3) is 0.211. The van der Waals surface area contributed by atoms with Gasteiger partial charge in [0.15, 0.2) is 0 Å². The van der Waals surface area contributed by atoms with E-state index in [0.717, 1.165) is 22.2 Å². The Labute approximate surface area is 140 Å². The van der Waals surface area contributed by atoms with Gasteiger partial charge in [-0.15, -0.1) is 0 Å². The lowest BCUT2D eigenvalue weighted by atomic mass is 10.1. The molecule has 0 aliphatic carbocycles. The largest absolute Gasteiger partial charge is 0.488 e. The molecule has 3 aromatic rings. The average Bonchev–Trinajstić information content (AvgIpc) is 2.99. The number of aromatic nitrogens is 1. The van der Waals surface area contributed by atoms with E-state index >= 15 is 0 Å². The topological polar surface area (TPSA) is 35.3 Å². The maximum Gasteiger partial charge on any atom is 0.138 e. The molecular formula is C19H18ClNO2. The SMILES string of the molecule is CC(C)=CCOc1cc(Cc2nccc3occc23)ccc1Cl. The minimum atomic E-state index is 0.515. The highest BCUT2D eigenvalue weighted by molar-refractivity contribution is 6.32. The number of rotatable bonds is 5. The first-order valence-corrected chi connectivity index (χ1v) is 7.87. The summed E-state index contributed by atoms with van der Waals surface area (Å²) < 4.78 is 11.2. The number of nitrogens with zero attached hydrogens (tertiary/aromatic N) is 1. The van der Waals surface area contributed by atoms with E-state index < -0.39 is 0 Å². The van der Waals surface area contributed by atoms with Crippen molar-refractivity contribution in [3.63, 3.8) is 0 Å². The molecule has 0 N–H and O–H groups in total. The monoisotopic (exact) mass is 327 g/mol. The summed E-state index contributed by atoms with van der Waals surface area (Å²) in [4.78, 5) is 4.47. The van der Waals surface area contributed by atoms with Crippen molar-refractivity contribution in [2.24, 2.45) is 0 Å². The molecule has 0 bridgehead atoms. The Morgan fingerprint density at radius 1 is 1.26 bits per heavy atom. The maximum absolute atomic E-state index is 6.22. The van der Waals surface area contributed by atoms with Crippen LogP contribution in [0.4, 0.5) is 0 Å². The van der Waals surface area contributed by atoms with Gasteiger partial charge in [-0.2, -0.15) is 0 Å². The third-order valence-electron chi connectivity index (χ3n) is 3.56. The highest BCUT2D eigenvalue weighted by atomic mass is 35.5. The quantitative estimate of drug-likeness (QED) is 0.587. The Morgan fingerprint density at radius 2 is 2.13 bits per heavy atom. The van der Waals surface area contributed by atoms with Crippen molar-refractivity contribution in [2.75, 3.05) is 6.61 Å². The molecule has 0 aliphatic rings. The molecule has 23 heavy (non-hydrogen) atoms. The molecule has 0 aliphatic heterocycles. The Bertz CT molecular complexity index is 847. The third-order valence-corrected chi connectivity index (χ3v) is 3.87. The van der Waals surface area contributed by atoms with Gasteiger partial charge in [0, 0.05) is 18.0 Å². The van der Waals surface area contributed by atoms with Crippen LogP contribution in [0.5, 0.6) is 5.75 Å². The van der Waals surface area contributed by atoms with E-state index in [4.69, 9.17) is 20.8 Å². The summed E-state index contributed by atoms with van der Waals surface area (Å²) in [6.45, 7) is 4.60. The summed E-state index contributed by atoms with van der Waals surface area (Å²) in [6, 6.07) is 9.65. The first-order valence-electron chi connectivity index (χ1n) is 7.49. The van der Waals surface area contributed by atoms with Crippen LogP contribution in [0.15, 0.2) is 58.9 Å². The lowest BCUT2D eigenvalue weighted by molar-refractivity contribution is 0.362. The number of hydrogen-bond donors (Lipinski definition) is 0. The molecule has 0 saturated carbocycles. The standard InChI is InChI=1S/C19H18ClNO2/c1-13(2)6-9-23-19-12-14(3-4-16(19)20)11-17-15-7-10-22-18(15)5-8-21-17/h3-8,10,12H,9,11H2,1-2H3. The Balaban J connectivity index is 1.83. The molecule has 0 amide bonds. The molecule has 0 fully saturated rings. The Kier molecular flexibility index (Phi) is 4.68. The number of fused-ring (bicyclic) bond motifs is 1. The van der Waals surface area contributed by atoms with Crippen LogP contribution in [-0.2, 0) is 6.42 Å². The molecule has 2 heterocycles. The fourth-order valence-corrected chi connectivity index (χ4v) is 2.53. The van der Waals surface area contributed by atoms with Crippen molar-refractivity contribution < 1.29 is 9.15 Å². The number of halogens is 1. The van der Waals surface area contributed by atoms with Crippen LogP contribution in [0.25, 0.3) is 11.0 Å². The second-order valence-electron chi connectivity index (χ2n) is 5.62. The van der Waals surface area contributed by atoms with E-state index in [2.05, 4.69) is 4.98 Å². The summed E-state index contributed by atoms with van der Waals surface area (Å²) >= 11 is 6.22. The van der Waals surface area contributed by atoms with Gasteiger partial charge >= 0.3 is 0 Å². The van der Waals surface area contributed by atoms with Gasteiger partial charge in [-0.1, -0.05) is 23.2 Å². The normalized spacial score (nSPS) is 10.7. The first-order chi connectivity index (χ1) is 11.1. The van der Waals surface area contributed by atoms with Crippen LogP contribution in [0.1, 0.15) is 25.1 Å². The molecule has 2 aromatic heterocycles. The molecule has 0 atom stereocenters. The Hall–Kier alpha value is -2.26. The molecule has 3 nitrogen and oxygen atoms in total. The van der Waals surface area contributed by atoms with Crippen molar-refractivity contribution in [3.05, 3.63) is 70.7 Å². The molecule has 0 spiro atoms. The predicted octanol–water partition coefficient (Wildman–Crippen LogP) is 5.42. The van der Waals surface area contributed by atoms with Crippen molar-refractivity contribution in [1.29, 1.82) is 0 Å². The summed E-state index contributed by atoms with van der Waals surface area (Å²) in [5.41, 5.74) is 4.15. The van der Waals surface area contributed by atoms with E-state index in [1.807, 2.05) is 50.3 Å². The van der Waals surface area contributed by atoms with Gasteiger partial charge in [-0.05, 0) is 49.8 Å². The predicted molar refractivity (Wildman–Crippen MR) is 93.2 cm³/mol. The molecule has 0 saturated heterocycles. The second-order valence-corrected chi connectivity index (χ2v) is 6.03. The third kappa shape index (κ3) is 3.74. The molecule has 3 rings (SSSR count). The molecule has 4 heteroatoms. The zero-order valence-electron chi connectivity index (χ0n) is 13.2. The minimum absolute atomic E-state index is 0.515. The molecule has 118 valence electrons. The van der Waals surface area contributed by atoms with Gasteiger partial charge in [-0.25, -0.2) is 0 Å². The van der Waals surface area contributed by atoms with Gasteiger partial charge in [-0.3, -0.25) is 4.98 Å². The van der Waals surface area contributed by atoms with Crippen LogP contribution in [-0.4, -0.2) is 11.6 Å². The van der Waals surface area contributed by atoms with Crippen molar-refractivity contribution in [3.8, 4) is 5.75 Å². The number of benzene rings is 1. The van der Waals surface area contributed by atoms with E-state index in [-0.39, 0.29) is 0 Å². The van der Waals surface area contributed by atoms with Crippen molar-refractivity contribution in [1.82, 2.24) is 4.98 Å². The summed E-state index contributed by atoms with van der Waals surface area (Å²) in [6.07, 6.45) is 6.18. The average molecular weight is 328 g/mol. The van der Waals surface area contributed by atoms with E-state index in [0.29, 0.717) is 23.8 Å². The zero-order valence-corrected chi connectivity index (χ0v) is 13.9. The van der Waals surface area contributed by atoms with Crippen LogP contribution in [0.2, 0.25) is 5.02 Å². The highest BCUT2D eigenvalue weighted by Crippen LogP contribution is 2.28. The minimum Gasteiger partial charge on any atom is -0.488 e. The number of pyridine rings is 1. The second kappa shape index (κ2) is 6.88. The van der Waals surface area contributed by atoms with Gasteiger partial charge in [0.1, 0.15) is 17.9 Å². The first kappa shape index (κ1) is 15.6. The van der Waals surface area contributed by atoms with Crippen LogP contribution >= 0.6 is 11.6 Å². The van der Waals surface area contributed by atoms with Gasteiger partial charge in [0.25, 0.3) is 0 Å². The van der Waals surface area contributed by atoms with E-state index in [9.17, 15) is 0 Å². The van der Waals surface area contributed by atoms with Crippen molar-refractivity contribution >= 4 is 22.6 Å². The van der Waals surface area contributed by atoms with Crippen LogP contribution in [0.3, 0.4) is 0 Å². The highest BCUT2D eigenvalue weighted by Gasteiger charge is 2.08. The molecule has 0 unspecified atom stereocenters. The molecule has 0 radical (unpaired) electrons. The Morgan fingerprint density at radius 3 is 2.96 bits per heavy atom. The maximum atomic E-state index is 6.22. The van der Waals surface area contributed by atoms with Crippen LogP contribution < -0.4 is 4.74 Å². The van der Waals surface area contributed by atoms with Gasteiger partial charge in [0.2, 0.25) is 0 Å². The number of furan rings is 1. The van der Waals surface area contributed by atoms with Gasteiger partial charge < -0.3 is 9.15 Å². The van der Waals surface area contributed by atoms with E-state index in [1.54, 1.807) is 12.5 Å². The summed E-state index contributed by atoms with van der Waals surface area (Å²) in [5, 5.41) is 1.65. The zero-order chi connectivity index (χ0) is 16.2. The number of allylic oxidation sites excluding steroid dienone is 1.